The van der Waals surface area contributed by atoms with Crippen LogP contribution in [0.2, 0.25) is 0 Å². The van der Waals surface area contributed by atoms with E-state index in [1.807, 2.05) is 0 Å². The van der Waals surface area contributed by atoms with Crippen molar-refractivity contribution < 1.29 is 14.3 Å². The first-order valence-corrected chi connectivity index (χ1v) is 7.77. The molecule has 0 aliphatic heterocycles. The third-order valence-electron chi connectivity index (χ3n) is 3.38. The molecule has 0 bridgehead atoms. The summed E-state index contributed by atoms with van der Waals surface area (Å²) in [5.41, 5.74) is 0.998. The van der Waals surface area contributed by atoms with Gasteiger partial charge in [-0.05, 0) is 18.6 Å². The maximum absolute atomic E-state index is 12.1. The highest BCUT2D eigenvalue weighted by molar-refractivity contribution is 5.93. The van der Waals surface area contributed by atoms with E-state index >= 15 is 0 Å². The second-order valence-electron chi connectivity index (χ2n) is 5.09. The molecule has 0 fully saturated rings. The summed E-state index contributed by atoms with van der Waals surface area (Å²) in [4.78, 5) is 20.2. The van der Waals surface area contributed by atoms with Gasteiger partial charge in [-0.25, -0.2) is 9.97 Å². The van der Waals surface area contributed by atoms with Crippen molar-refractivity contribution in [3.63, 3.8) is 0 Å². The number of carbonyl (C=O) groups is 1. The molecule has 2 aromatic rings. The van der Waals surface area contributed by atoms with Gasteiger partial charge in [0.25, 0.3) is 5.91 Å². The lowest BCUT2D eigenvalue weighted by atomic mass is 10.2. The zero-order valence-corrected chi connectivity index (χ0v) is 14.1. The second kappa shape index (κ2) is 8.71. The largest absolute Gasteiger partial charge is 0.497 e. The molecule has 0 unspecified atom stereocenters. The Balaban J connectivity index is 2.16. The van der Waals surface area contributed by atoms with Gasteiger partial charge in [0, 0.05) is 18.7 Å². The highest BCUT2D eigenvalue weighted by atomic mass is 16.5. The number of hydrogen-bond acceptors (Lipinski definition) is 6. The Bertz CT molecular complexity index is 691. The fraction of sp³-hybridized carbons (Fsp3) is 0.353. The Kier molecular flexibility index (Phi) is 6.36. The van der Waals surface area contributed by atoms with E-state index in [4.69, 9.17) is 9.47 Å². The number of hydrogen-bond donors (Lipinski definition) is 2. The summed E-state index contributed by atoms with van der Waals surface area (Å²) in [5.74, 6) is 1.61. The molecule has 24 heavy (non-hydrogen) atoms. The van der Waals surface area contributed by atoms with Crippen LogP contribution < -0.4 is 20.1 Å². The number of carbonyl (C=O) groups excluding carboxylic acids is 1. The molecule has 0 aliphatic carbocycles. The summed E-state index contributed by atoms with van der Waals surface area (Å²) in [6.45, 7) is 2.70. The molecule has 1 heterocycles. The number of aromatic nitrogens is 2. The van der Waals surface area contributed by atoms with Crippen LogP contribution in [0.25, 0.3) is 0 Å². The second-order valence-corrected chi connectivity index (χ2v) is 5.09. The van der Waals surface area contributed by atoms with Crippen molar-refractivity contribution in [1.29, 1.82) is 0 Å². The van der Waals surface area contributed by atoms with E-state index in [0.717, 1.165) is 12.8 Å². The summed E-state index contributed by atoms with van der Waals surface area (Å²) < 4.78 is 10.5. The minimum Gasteiger partial charge on any atom is -0.497 e. The smallest absolute Gasteiger partial charge is 0.270 e. The molecule has 7 heteroatoms. The average Bonchev–Trinajstić information content (AvgIpc) is 2.62. The number of nitrogens with zero attached hydrogens (tertiary/aromatic N) is 2. The van der Waals surface area contributed by atoms with Crippen LogP contribution in [0.3, 0.4) is 0 Å². The quantitative estimate of drug-likeness (QED) is 0.724. The van der Waals surface area contributed by atoms with Crippen molar-refractivity contribution in [2.45, 2.75) is 19.8 Å². The molecule has 0 radical (unpaired) electrons. The molecule has 1 aromatic heterocycles. The van der Waals surface area contributed by atoms with E-state index < -0.39 is 0 Å². The number of methoxy groups -OCH3 is 2. The Morgan fingerprint density at radius 3 is 2.71 bits per heavy atom. The Morgan fingerprint density at radius 2 is 2.00 bits per heavy atom. The third kappa shape index (κ3) is 4.58. The van der Waals surface area contributed by atoms with Gasteiger partial charge in [-0.3, -0.25) is 4.79 Å². The Hall–Kier alpha value is -2.83. The van der Waals surface area contributed by atoms with Gasteiger partial charge in [0.05, 0.1) is 19.9 Å². The summed E-state index contributed by atoms with van der Waals surface area (Å²) in [6.07, 6.45) is 3.30. The van der Waals surface area contributed by atoms with Crippen molar-refractivity contribution >= 4 is 17.4 Å². The number of anilines is 2. The third-order valence-corrected chi connectivity index (χ3v) is 3.38. The maximum atomic E-state index is 12.1. The predicted octanol–water partition coefficient (Wildman–Crippen LogP) is 2.77. The minimum absolute atomic E-state index is 0.216. The van der Waals surface area contributed by atoms with E-state index in [9.17, 15) is 4.79 Å². The summed E-state index contributed by atoms with van der Waals surface area (Å²) >= 11 is 0. The molecular formula is C17H22N4O3. The van der Waals surface area contributed by atoms with Crippen LogP contribution >= 0.6 is 0 Å². The van der Waals surface area contributed by atoms with Crippen LogP contribution in [-0.4, -0.2) is 36.6 Å². The van der Waals surface area contributed by atoms with Gasteiger partial charge in [-0.15, -0.1) is 0 Å². The lowest BCUT2D eigenvalue weighted by molar-refractivity contribution is 0.0948. The van der Waals surface area contributed by atoms with Crippen LogP contribution in [0.1, 0.15) is 30.3 Å². The monoisotopic (exact) mass is 330 g/mol. The van der Waals surface area contributed by atoms with Gasteiger partial charge in [-0.1, -0.05) is 13.3 Å². The molecule has 2 N–H and O–H groups in total. The molecule has 0 aliphatic rings. The Labute approximate surface area is 141 Å². The van der Waals surface area contributed by atoms with Crippen molar-refractivity contribution in [1.82, 2.24) is 15.3 Å². The first-order valence-electron chi connectivity index (χ1n) is 7.77. The van der Waals surface area contributed by atoms with Gasteiger partial charge < -0.3 is 20.1 Å². The Morgan fingerprint density at radius 1 is 1.17 bits per heavy atom. The first kappa shape index (κ1) is 17.5. The van der Waals surface area contributed by atoms with Gasteiger partial charge >= 0.3 is 0 Å². The van der Waals surface area contributed by atoms with Crippen LogP contribution in [0, 0.1) is 0 Å². The van der Waals surface area contributed by atoms with Crippen LogP contribution in [0.4, 0.5) is 11.5 Å². The molecule has 1 amide bonds. The molecular weight excluding hydrogens is 308 g/mol. The standard InChI is InChI=1S/C17H22N4O3/c1-4-5-8-18-17(22)14-10-16(20-11-19-14)21-13-9-12(23-2)6-7-15(13)24-3/h6-7,9-11H,4-5,8H2,1-3H3,(H,18,22)(H,19,20,21). The van der Waals surface area contributed by atoms with Crippen molar-refractivity contribution in [2.75, 3.05) is 26.1 Å². The maximum Gasteiger partial charge on any atom is 0.270 e. The molecule has 128 valence electrons. The highest BCUT2D eigenvalue weighted by Crippen LogP contribution is 2.30. The number of benzene rings is 1. The summed E-state index contributed by atoms with van der Waals surface area (Å²) in [6, 6.07) is 6.99. The molecule has 2 rings (SSSR count). The van der Waals surface area contributed by atoms with E-state index in [1.54, 1.807) is 38.5 Å². The number of unbranched alkanes of at least 4 members (excludes halogenated alkanes) is 1. The van der Waals surface area contributed by atoms with E-state index in [0.29, 0.717) is 35.2 Å². The number of nitrogens with one attached hydrogen (secondary N) is 2. The number of ether oxygens (including phenoxy) is 2. The van der Waals surface area contributed by atoms with Crippen LogP contribution in [0.15, 0.2) is 30.6 Å². The van der Waals surface area contributed by atoms with E-state index in [1.165, 1.54) is 6.33 Å². The number of rotatable bonds is 8. The molecule has 1 aromatic carbocycles. The fourth-order valence-electron chi connectivity index (χ4n) is 2.07. The van der Waals surface area contributed by atoms with E-state index in [2.05, 4.69) is 27.5 Å². The number of amides is 1. The van der Waals surface area contributed by atoms with Crippen molar-refractivity contribution in [3.8, 4) is 11.5 Å². The lowest BCUT2D eigenvalue weighted by Gasteiger charge is -2.12. The summed E-state index contributed by atoms with van der Waals surface area (Å²) in [5, 5.41) is 5.95. The zero-order chi connectivity index (χ0) is 17.4. The SMILES string of the molecule is CCCCNC(=O)c1cc(Nc2cc(OC)ccc2OC)ncn1. The normalized spacial score (nSPS) is 10.1. The van der Waals surface area contributed by atoms with Crippen LogP contribution in [0.5, 0.6) is 11.5 Å². The minimum atomic E-state index is -0.216. The lowest BCUT2D eigenvalue weighted by Crippen LogP contribution is -2.25. The fourth-order valence-corrected chi connectivity index (χ4v) is 2.07. The van der Waals surface area contributed by atoms with Gasteiger partial charge in [0.2, 0.25) is 0 Å². The summed E-state index contributed by atoms with van der Waals surface area (Å²) in [7, 11) is 3.18. The topological polar surface area (TPSA) is 85.4 Å². The van der Waals surface area contributed by atoms with Crippen LogP contribution in [-0.2, 0) is 0 Å². The highest BCUT2D eigenvalue weighted by Gasteiger charge is 2.10. The van der Waals surface area contributed by atoms with Crippen molar-refractivity contribution in [2.24, 2.45) is 0 Å². The molecule has 0 saturated heterocycles. The van der Waals surface area contributed by atoms with Gasteiger partial charge in [0.15, 0.2) is 0 Å². The van der Waals surface area contributed by atoms with Crippen molar-refractivity contribution in [3.05, 3.63) is 36.3 Å². The first-order chi connectivity index (χ1) is 11.7. The van der Waals surface area contributed by atoms with E-state index in [-0.39, 0.29) is 5.91 Å². The average molecular weight is 330 g/mol. The molecule has 0 spiro atoms. The zero-order valence-electron chi connectivity index (χ0n) is 14.1. The molecule has 0 atom stereocenters. The molecule has 0 saturated carbocycles. The van der Waals surface area contributed by atoms with Gasteiger partial charge in [0.1, 0.15) is 29.3 Å². The molecule has 7 nitrogen and oxygen atoms in total. The predicted molar refractivity (Wildman–Crippen MR) is 92.1 cm³/mol. The van der Waals surface area contributed by atoms with Gasteiger partial charge in [-0.2, -0.15) is 0 Å².